The van der Waals surface area contributed by atoms with Crippen molar-refractivity contribution in [3.63, 3.8) is 0 Å². The van der Waals surface area contributed by atoms with Gasteiger partial charge in [-0.15, -0.1) is 0 Å². The van der Waals surface area contributed by atoms with E-state index in [1.165, 1.54) is 19.1 Å². The van der Waals surface area contributed by atoms with Crippen molar-refractivity contribution in [1.82, 2.24) is 5.32 Å². The largest absolute Gasteiger partial charge is 0.356 e. The molecule has 2 rings (SSSR count). The molecule has 0 saturated heterocycles. The number of nitrogens with zero attached hydrogens (tertiary/aromatic N) is 1. The molecule has 0 aromatic heterocycles. The number of hydrogen-bond acceptors (Lipinski definition) is 2. The number of amides is 2. The van der Waals surface area contributed by atoms with E-state index < -0.39 is 0 Å². The van der Waals surface area contributed by atoms with Crippen LogP contribution >= 0.6 is 0 Å². The molecule has 1 N–H and O–H groups in total. The Kier molecular flexibility index (Phi) is 7.33. The first-order valence-corrected chi connectivity index (χ1v) is 8.88. The van der Waals surface area contributed by atoms with Crippen molar-refractivity contribution in [3.8, 4) is 0 Å². The van der Waals surface area contributed by atoms with Crippen molar-refractivity contribution in [3.05, 3.63) is 65.5 Å². The fourth-order valence-electron chi connectivity index (χ4n) is 2.82. The SMILES string of the molecule is CCc1ccccc1N(CCC(=O)NCCc1ccc(F)cc1)C(C)=O. The normalized spacial score (nSPS) is 10.4. The van der Waals surface area contributed by atoms with E-state index in [4.69, 9.17) is 0 Å². The van der Waals surface area contributed by atoms with E-state index in [-0.39, 0.29) is 24.1 Å². The van der Waals surface area contributed by atoms with Crippen LogP contribution in [0.5, 0.6) is 0 Å². The molecule has 138 valence electrons. The molecular weight excluding hydrogens is 331 g/mol. The van der Waals surface area contributed by atoms with Crippen LogP contribution in [0.15, 0.2) is 48.5 Å². The van der Waals surface area contributed by atoms with E-state index >= 15 is 0 Å². The molecule has 2 amide bonds. The quantitative estimate of drug-likeness (QED) is 0.787. The maximum atomic E-state index is 12.9. The summed E-state index contributed by atoms with van der Waals surface area (Å²) >= 11 is 0. The zero-order valence-corrected chi connectivity index (χ0v) is 15.3. The Morgan fingerprint density at radius 1 is 1.08 bits per heavy atom. The number of nitrogens with one attached hydrogen (secondary N) is 1. The van der Waals surface area contributed by atoms with Crippen LogP contribution in [0, 0.1) is 5.82 Å². The maximum Gasteiger partial charge on any atom is 0.223 e. The predicted octanol–water partition coefficient (Wildman–Crippen LogP) is 3.49. The van der Waals surface area contributed by atoms with Crippen LogP contribution in [0.2, 0.25) is 0 Å². The second-order valence-electron chi connectivity index (χ2n) is 6.13. The number of hydrogen-bond donors (Lipinski definition) is 1. The van der Waals surface area contributed by atoms with Gasteiger partial charge in [0.25, 0.3) is 0 Å². The van der Waals surface area contributed by atoms with Gasteiger partial charge in [0.2, 0.25) is 11.8 Å². The summed E-state index contributed by atoms with van der Waals surface area (Å²) in [6.45, 7) is 4.38. The van der Waals surface area contributed by atoms with E-state index in [1.54, 1.807) is 17.0 Å². The predicted molar refractivity (Wildman–Crippen MR) is 102 cm³/mol. The molecule has 0 saturated carbocycles. The molecule has 0 aliphatic heterocycles. The average Bonchev–Trinajstić information content (AvgIpc) is 2.63. The lowest BCUT2D eigenvalue weighted by atomic mass is 10.1. The third-order valence-corrected chi connectivity index (χ3v) is 4.25. The van der Waals surface area contributed by atoms with Crippen LogP contribution in [-0.4, -0.2) is 24.9 Å². The fourth-order valence-corrected chi connectivity index (χ4v) is 2.82. The molecule has 0 aliphatic rings. The summed E-state index contributed by atoms with van der Waals surface area (Å²) in [6, 6.07) is 14.0. The molecule has 0 unspecified atom stereocenters. The van der Waals surface area contributed by atoms with Gasteiger partial charge in [-0.25, -0.2) is 4.39 Å². The monoisotopic (exact) mass is 356 g/mol. The van der Waals surface area contributed by atoms with Gasteiger partial charge in [0.15, 0.2) is 0 Å². The summed E-state index contributed by atoms with van der Waals surface area (Å²) < 4.78 is 12.9. The van der Waals surface area contributed by atoms with E-state index in [9.17, 15) is 14.0 Å². The first-order chi connectivity index (χ1) is 12.5. The van der Waals surface area contributed by atoms with Crippen LogP contribution in [0.3, 0.4) is 0 Å². The van der Waals surface area contributed by atoms with E-state index in [1.807, 2.05) is 31.2 Å². The number of carbonyl (C=O) groups excluding carboxylic acids is 2. The van der Waals surface area contributed by atoms with Gasteiger partial charge >= 0.3 is 0 Å². The molecule has 0 atom stereocenters. The Morgan fingerprint density at radius 2 is 1.77 bits per heavy atom. The van der Waals surface area contributed by atoms with Crippen molar-refractivity contribution in [2.45, 2.75) is 33.1 Å². The molecule has 0 heterocycles. The number of aryl methyl sites for hydroxylation is 1. The first kappa shape index (κ1) is 19.6. The first-order valence-electron chi connectivity index (χ1n) is 8.88. The average molecular weight is 356 g/mol. The van der Waals surface area contributed by atoms with Gasteiger partial charge in [0, 0.05) is 32.1 Å². The van der Waals surface area contributed by atoms with Crippen LogP contribution in [-0.2, 0) is 22.4 Å². The van der Waals surface area contributed by atoms with Crippen molar-refractivity contribution in [2.75, 3.05) is 18.0 Å². The number of para-hydroxylation sites is 1. The van der Waals surface area contributed by atoms with Gasteiger partial charge in [-0.2, -0.15) is 0 Å². The maximum absolute atomic E-state index is 12.9. The van der Waals surface area contributed by atoms with Crippen molar-refractivity contribution in [1.29, 1.82) is 0 Å². The number of rotatable bonds is 8. The summed E-state index contributed by atoms with van der Waals surface area (Å²) in [4.78, 5) is 25.8. The molecule has 0 aliphatic carbocycles. The number of benzene rings is 2. The van der Waals surface area contributed by atoms with Crippen molar-refractivity contribution < 1.29 is 14.0 Å². The highest BCUT2D eigenvalue weighted by molar-refractivity contribution is 5.93. The smallest absolute Gasteiger partial charge is 0.223 e. The van der Waals surface area contributed by atoms with Crippen LogP contribution < -0.4 is 10.2 Å². The Balaban J connectivity index is 1.85. The highest BCUT2D eigenvalue weighted by Gasteiger charge is 2.15. The summed E-state index contributed by atoms with van der Waals surface area (Å²) in [6.07, 6.45) is 1.70. The zero-order valence-electron chi connectivity index (χ0n) is 15.3. The number of carbonyl (C=O) groups is 2. The van der Waals surface area contributed by atoms with E-state index in [2.05, 4.69) is 5.32 Å². The van der Waals surface area contributed by atoms with Crippen LogP contribution in [0.1, 0.15) is 31.4 Å². The standard InChI is InChI=1S/C21H25FN2O2/c1-3-18-6-4-5-7-20(18)24(16(2)25)15-13-21(26)23-14-12-17-8-10-19(22)11-9-17/h4-11H,3,12-15H2,1-2H3,(H,23,26). The van der Waals surface area contributed by atoms with Crippen LogP contribution in [0.25, 0.3) is 0 Å². The molecule has 26 heavy (non-hydrogen) atoms. The fraction of sp³-hybridized carbons (Fsp3) is 0.333. The highest BCUT2D eigenvalue weighted by atomic mass is 19.1. The minimum atomic E-state index is -0.269. The molecule has 5 heteroatoms. The minimum Gasteiger partial charge on any atom is -0.356 e. The second kappa shape index (κ2) is 9.70. The lowest BCUT2D eigenvalue weighted by Gasteiger charge is -2.23. The number of anilines is 1. The highest BCUT2D eigenvalue weighted by Crippen LogP contribution is 2.21. The molecule has 0 fully saturated rings. The summed E-state index contributed by atoms with van der Waals surface area (Å²) in [7, 11) is 0. The van der Waals surface area contributed by atoms with Crippen molar-refractivity contribution >= 4 is 17.5 Å². The molecule has 0 bridgehead atoms. The Labute approximate surface area is 154 Å². The topological polar surface area (TPSA) is 49.4 Å². The second-order valence-corrected chi connectivity index (χ2v) is 6.13. The van der Waals surface area contributed by atoms with E-state index in [0.29, 0.717) is 19.5 Å². The van der Waals surface area contributed by atoms with Gasteiger partial charge < -0.3 is 10.2 Å². The molecule has 2 aromatic carbocycles. The van der Waals surface area contributed by atoms with E-state index in [0.717, 1.165) is 23.2 Å². The van der Waals surface area contributed by atoms with Gasteiger partial charge in [-0.1, -0.05) is 37.3 Å². The Bertz CT molecular complexity index is 744. The van der Waals surface area contributed by atoms with Crippen molar-refractivity contribution in [2.24, 2.45) is 0 Å². The zero-order chi connectivity index (χ0) is 18.9. The molecule has 0 radical (unpaired) electrons. The Hall–Kier alpha value is -2.69. The summed E-state index contributed by atoms with van der Waals surface area (Å²) in [5, 5.41) is 2.85. The third kappa shape index (κ3) is 5.69. The van der Waals surface area contributed by atoms with Gasteiger partial charge in [0.1, 0.15) is 5.82 Å². The molecule has 2 aromatic rings. The summed E-state index contributed by atoms with van der Waals surface area (Å²) in [5.74, 6) is -0.452. The van der Waals surface area contributed by atoms with Gasteiger partial charge in [-0.05, 0) is 42.2 Å². The lowest BCUT2D eigenvalue weighted by Crippen LogP contribution is -2.35. The third-order valence-electron chi connectivity index (χ3n) is 4.25. The molecule has 4 nitrogen and oxygen atoms in total. The Morgan fingerprint density at radius 3 is 2.42 bits per heavy atom. The number of halogens is 1. The minimum absolute atomic E-state index is 0.0787. The molecular formula is C21H25FN2O2. The van der Waals surface area contributed by atoms with Gasteiger partial charge in [0.05, 0.1) is 0 Å². The summed E-state index contributed by atoms with van der Waals surface area (Å²) in [5.41, 5.74) is 2.91. The van der Waals surface area contributed by atoms with Crippen LogP contribution in [0.4, 0.5) is 10.1 Å². The molecule has 0 spiro atoms. The van der Waals surface area contributed by atoms with Gasteiger partial charge in [-0.3, -0.25) is 9.59 Å². The lowest BCUT2D eigenvalue weighted by molar-refractivity contribution is -0.121.